The van der Waals surface area contributed by atoms with Crippen LogP contribution in [0.15, 0.2) is 133 Å². The van der Waals surface area contributed by atoms with Gasteiger partial charge in [0.05, 0.1) is 0 Å². The third-order valence-electron chi connectivity index (χ3n) is 7.78. The van der Waals surface area contributed by atoms with Gasteiger partial charge in [-0.1, -0.05) is 127 Å². The average Bonchev–Trinajstić information content (AvgIpc) is 3.29. The van der Waals surface area contributed by atoms with Crippen molar-refractivity contribution in [2.75, 3.05) is 0 Å². The Labute approximate surface area is 210 Å². The Morgan fingerprint density at radius 3 is 1.78 bits per heavy atom. The summed E-state index contributed by atoms with van der Waals surface area (Å²) >= 11 is 0. The molecule has 36 heavy (non-hydrogen) atoms. The molecule has 0 aromatic heterocycles. The van der Waals surface area contributed by atoms with Crippen molar-refractivity contribution >= 4 is 32.3 Å². The van der Waals surface area contributed by atoms with E-state index < -0.39 is 0 Å². The second-order valence-corrected chi connectivity index (χ2v) is 9.68. The number of hydrogen-bond acceptors (Lipinski definition) is 0. The normalized spacial score (nSPS) is 11.9. The monoisotopic (exact) mass is 454 g/mol. The van der Waals surface area contributed by atoms with Gasteiger partial charge in [-0.3, -0.25) is 0 Å². The van der Waals surface area contributed by atoms with Gasteiger partial charge in [-0.2, -0.15) is 0 Å². The summed E-state index contributed by atoms with van der Waals surface area (Å²) in [6.45, 7) is 0. The van der Waals surface area contributed by atoms with Crippen molar-refractivity contribution in [2.24, 2.45) is 0 Å². The number of benzene rings is 7. The first-order valence-corrected chi connectivity index (χ1v) is 12.5. The predicted molar refractivity (Wildman–Crippen MR) is 154 cm³/mol. The topological polar surface area (TPSA) is 0 Å². The fraction of sp³-hybridized carbons (Fsp3) is 0. The summed E-state index contributed by atoms with van der Waals surface area (Å²) in [5.74, 6) is 0. The smallest absolute Gasteiger partial charge is 0.000182 e. The molecule has 0 unspecified atom stereocenters. The van der Waals surface area contributed by atoms with Crippen molar-refractivity contribution in [1.82, 2.24) is 0 Å². The van der Waals surface area contributed by atoms with Crippen LogP contribution in [0.5, 0.6) is 0 Å². The maximum absolute atomic E-state index is 2.42. The zero-order chi connectivity index (χ0) is 23.6. The van der Waals surface area contributed by atoms with Crippen LogP contribution in [0.4, 0.5) is 0 Å². The standard InChI is InChI=1S/C36H22/c1-2-12-25(13-3-1)33-32(29-18-8-14-23-10-4-6-16-27(23)29)22-26-15-9-19-30-31-21-20-24-11-5-7-17-28(24)35(31)36(33)34(26)30/h1-22H. The molecule has 0 saturated carbocycles. The molecule has 0 aliphatic heterocycles. The van der Waals surface area contributed by atoms with Crippen LogP contribution in [-0.2, 0) is 0 Å². The Balaban J connectivity index is 1.62. The molecule has 0 spiro atoms. The van der Waals surface area contributed by atoms with Crippen LogP contribution in [0.2, 0.25) is 0 Å². The molecule has 0 heteroatoms. The Hall–Kier alpha value is -4.68. The molecule has 0 saturated heterocycles. The zero-order valence-electron chi connectivity index (χ0n) is 19.7. The fourth-order valence-electron chi connectivity index (χ4n) is 6.27. The second kappa shape index (κ2) is 7.41. The van der Waals surface area contributed by atoms with Crippen molar-refractivity contribution in [3.8, 4) is 44.5 Å². The minimum atomic E-state index is 1.26. The Morgan fingerprint density at radius 2 is 0.944 bits per heavy atom. The van der Waals surface area contributed by atoms with Crippen molar-refractivity contribution in [1.29, 1.82) is 0 Å². The number of rotatable bonds is 2. The highest BCUT2D eigenvalue weighted by Crippen LogP contribution is 2.56. The highest BCUT2D eigenvalue weighted by atomic mass is 14.3. The molecular formula is C36H22. The first kappa shape index (κ1) is 19.6. The second-order valence-electron chi connectivity index (χ2n) is 9.68. The summed E-state index contributed by atoms with van der Waals surface area (Å²) in [5, 5.41) is 7.82. The molecule has 0 heterocycles. The highest BCUT2D eigenvalue weighted by Gasteiger charge is 2.28. The summed E-state index contributed by atoms with van der Waals surface area (Å²) in [4.78, 5) is 0. The van der Waals surface area contributed by atoms with E-state index in [2.05, 4.69) is 133 Å². The van der Waals surface area contributed by atoms with Crippen LogP contribution in [0.25, 0.3) is 76.8 Å². The quantitative estimate of drug-likeness (QED) is 0.244. The average molecular weight is 455 g/mol. The maximum Gasteiger partial charge on any atom is -0.000182 e. The van der Waals surface area contributed by atoms with Gasteiger partial charge in [0.25, 0.3) is 0 Å². The molecule has 0 radical (unpaired) electrons. The van der Waals surface area contributed by atoms with Gasteiger partial charge in [-0.05, 0) is 82.9 Å². The van der Waals surface area contributed by atoms with E-state index in [1.807, 2.05) is 0 Å². The molecule has 7 aromatic carbocycles. The molecule has 166 valence electrons. The van der Waals surface area contributed by atoms with Crippen LogP contribution >= 0.6 is 0 Å². The number of fused-ring (bicyclic) bond motifs is 6. The Bertz CT molecular complexity index is 1970. The zero-order valence-corrected chi connectivity index (χ0v) is 19.7. The molecule has 1 aliphatic carbocycles. The lowest BCUT2D eigenvalue weighted by Gasteiger charge is -2.19. The van der Waals surface area contributed by atoms with Crippen LogP contribution in [-0.4, -0.2) is 0 Å². The summed E-state index contributed by atoms with van der Waals surface area (Å²) in [5.41, 5.74) is 10.5. The van der Waals surface area contributed by atoms with E-state index in [1.165, 1.54) is 76.8 Å². The first-order chi connectivity index (χ1) is 17.9. The van der Waals surface area contributed by atoms with Crippen molar-refractivity contribution in [2.45, 2.75) is 0 Å². The molecule has 1 aliphatic rings. The lowest BCUT2D eigenvalue weighted by Crippen LogP contribution is -1.92. The lowest BCUT2D eigenvalue weighted by molar-refractivity contribution is 1.62. The van der Waals surface area contributed by atoms with Gasteiger partial charge in [0, 0.05) is 0 Å². The van der Waals surface area contributed by atoms with Crippen molar-refractivity contribution < 1.29 is 0 Å². The van der Waals surface area contributed by atoms with E-state index in [-0.39, 0.29) is 0 Å². The molecule has 0 amide bonds. The third-order valence-corrected chi connectivity index (χ3v) is 7.78. The Kier molecular flexibility index (Phi) is 4.03. The molecule has 0 fully saturated rings. The van der Waals surface area contributed by atoms with Gasteiger partial charge in [0.1, 0.15) is 0 Å². The number of hydrogen-bond donors (Lipinski definition) is 0. The molecule has 0 atom stereocenters. The maximum atomic E-state index is 2.42. The van der Waals surface area contributed by atoms with E-state index in [0.717, 1.165) is 0 Å². The Morgan fingerprint density at radius 1 is 0.306 bits per heavy atom. The van der Waals surface area contributed by atoms with Crippen molar-refractivity contribution in [3.05, 3.63) is 133 Å². The summed E-state index contributed by atoms with van der Waals surface area (Å²) < 4.78 is 0. The van der Waals surface area contributed by atoms with E-state index in [1.54, 1.807) is 0 Å². The largest absolute Gasteiger partial charge is 0.0622 e. The molecule has 0 bridgehead atoms. The van der Waals surface area contributed by atoms with Crippen LogP contribution in [0, 0.1) is 0 Å². The van der Waals surface area contributed by atoms with E-state index in [9.17, 15) is 0 Å². The third kappa shape index (κ3) is 2.64. The summed E-state index contributed by atoms with van der Waals surface area (Å²) in [7, 11) is 0. The molecular weight excluding hydrogens is 432 g/mol. The van der Waals surface area contributed by atoms with Gasteiger partial charge >= 0.3 is 0 Å². The lowest BCUT2D eigenvalue weighted by atomic mass is 9.84. The SMILES string of the molecule is c1ccc(-c2c(-c3cccc4ccccc34)cc3cccc4c3c2-c2c-4ccc3ccccc23)cc1. The van der Waals surface area contributed by atoms with Crippen LogP contribution in [0.3, 0.4) is 0 Å². The van der Waals surface area contributed by atoms with Gasteiger partial charge in [-0.25, -0.2) is 0 Å². The van der Waals surface area contributed by atoms with Gasteiger partial charge in [0.15, 0.2) is 0 Å². The van der Waals surface area contributed by atoms with Gasteiger partial charge in [0.2, 0.25) is 0 Å². The van der Waals surface area contributed by atoms with Gasteiger partial charge < -0.3 is 0 Å². The van der Waals surface area contributed by atoms with E-state index in [4.69, 9.17) is 0 Å². The van der Waals surface area contributed by atoms with E-state index >= 15 is 0 Å². The van der Waals surface area contributed by atoms with Gasteiger partial charge in [-0.15, -0.1) is 0 Å². The summed E-state index contributed by atoms with van der Waals surface area (Å²) in [6.07, 6.45) is 0. The highest BCUT2D eigenvalue weighted by molar-refractivity contribution is 6.26. The molecule has 8 rings (SSSR count). The molecule has 7 aromatic rings. The predicted octanol–water partition coefficient (Wildman–Crippen LogP) is 10.1. The van der Waals surface area contributed by atoms with Crippen molar-refractivity contribution in [3.63, 3.8) is 0 Å². The first-order valence-electron chi connectivity index (χ1n) is 12.5. The molecule has 0 nitrogen and oxygen atoms in total. The van der Waals surface area contributed by atoms with E-state index in [0.29, 0.717) is 0 Å². The van der Waals surface area contributed by atoms with Crippen LogP contribution < -0.4 is 0 Å². The minimum Gasteiger partial charge on any atom is -0.0622 e. The van der Waals surface area contributed by atoms with Crippen LogP contribution in [0.1, 0.15) is 0 Å². The minimum absolute atomic E-state index is 1.26. The molecule has 0 N–H and O–H groups in total. The fourth-order valence-corrected chi connectivity index (χ4v) is 6.27. The summed E-state index contributed by atoms with van der Waals surface area (Å²) in [6, 6.07) is 49.0.